The molecule has 3 heterocycles. The van der Waals surface area contributed by atoms with Gasteiger partial charge in [-0.2, -0.15) is 0 Å². The van der Waals surface area contributed by atoms with E-state index in [1.165, 1.54) is 14.2 Å². The van der Waals surface area contributed by atoms with Crippen molar-refractivity contribution >= 4 is 34.8 Å². The predicted octanol–water partition coefficient (Wildman–Crippen LogP) is 5.96. The average Bonchev–Trinajstić information content (AvgIpc) is 4.04. The maximum absolute atomic E-state index is 13.4. The van der Waals surface area contributed by atoms with Crippen molar-refractivity contribution in [2.24, 2.45) is 5.92 Å². The zero-order valence-corrected chi connectivity index (χ0v) is 31.5. The van der Waals surface area contributed by atoms with Gasteiger partial charge in [0.15, 0.2) is 0 Å². The van der Waals surface area contributed by atoms with Crippen LogP contribution >= 0.6 is 0 Å². The molecule has 2 aromatic heterocycles. The van der Waals surface area contributed by atoms with E-state index >= 15 is 0 Å². The number of methoxy groups -OCH3 is 2. The van der Waals surface area contributed by atoms with Gasteiger partial charge < -0.3 is 39.9 Å². The third-order valence-corrected chi connectivity index (χ3v) is 11.0. The van der Waals surface area contributed by atoms with Crippen molar-refractivity contribution in [2.75, 3.05) is 33.9 Å². The van der Waals surface area contributed by atoms with E-state index in [1.807, 2.05) is 30.2 Å². The first-order valence-electron chi connectivity index (χ1n) is 18.6. The molecule has 7 rings (SSSR count). The van der Waals surface area contributed by atoms with Crippen LogP contribution < -0.4 is 10.6 Å². The molecule has 3 aromatic carbocycles. The summed E-state index contributed by atoms with van der Waals surface area (Å²) in [6.07, 6.45) is 5.99. The van der Waals surface area contributed by atoms with E-state index in [0.29, 0.717) is 18.9 Å². The number of benzene rings is 3. The number of aromatic nitrogens is 4. The van der Waals surface area contributed by atoms with Crippen LogP contribution in [0.25, 0.3) is 44.4 Å². The van der Waals surface area contributed by atoms with E-state index in [1.54, 1.807) is 11.1 Å². The standard InChI is InChI=1S/C41H46N8O6/c1-5-16-48(36(50)22-44-39(52)54-3)24-35-42-20-33(46-35)26-8-6-25(7-9-26)27-10-11-29-18-30(13-12-28(29)17-27)34-21-43-38(47-34)41(2)31-14-15-32(19-31)49(41)37(51)23-45-40(53)55-4/h6-13,17-18,20-21,31-32H,5,14-16,19,22-24H2,1-4H3,(H,42,46)(H,43,47)(H,44,52)(H,45,53)/t31-,32+,41-/m0/s1. The number of amides is 4. The Labute approximate surface area is 319 Å². The van der Waals surface area contributed by atoms with Crippen LogP contribution in [0.1, 0.15) is 51.2 Å². The minimum Gasteiger partial charge on any atom is -0.453 e. The van der Waals surface area contributed by atoms with Gasteiger partial charge in [-0.3, -0.25) is 9.59 Å². The number of nitrogens with zero attached hydrogens (tertiary/aromatic N) is 4. The van der Waals surface area contributed by atoms with Crippen LogP contribution in [0.4, 0.5) is 9.59 Å². The molecule has 2 bridgehead atoms. The lowest BCUT2D eigenvalue weighted by molar-refractivity contribution is -0.139. The minimum absolute atomic E-state index is 0.120. The molecule has 14 heteroatoms. The molecule has 3 atom stereocenters. The number of H-pyrrole nitrogens is 2. The molecule has 2 aliphatic rings. The van der Waals surface area contributed by atoms with Gasteiger partial charge in [0.05, 0.1) is 44.5 Å². The van der Waals surface area contributed by atoms with Crippen molar-refractivity contribution in [1.82, 2.24) is 40.4 Å². The maximum atomic E-state index is 13.4. The molecule has 55 heavy (non-hydrogen) atoms. The van der Waals surface area contributed by atoms with Gasteiger partial charge in [-0.25, -0.2) is 19.6 Å². The second-order valence-electron chi connectivity index (χ2n) is 14.3. The number of fused-ring (bicyclic) bond motifs is 3. The Kier molecular flexibility index (Phi) is 10.6. The van der Waals surface area contributed by atoms with Gasteiger partial charge >= 0.3 is 12.2 Å². The van der Waals surface area contributed by atoms with Gasteiger partial charge in [0.1, 0.15) is 30.3 Å². The monoisotopic (exact) mass is 746 g/mol. The smallest absolute Gasteiger partial charge is 0.407 e. The predicted molar refractivity (Wildman–Crippen MR) is 206 cm³/mol. The van der Waals surface area contributed by atoms with Gasteiger partial charge in [-0.1, -0.05) is 55.5 Å². The van der Waals surface area contributed by atoms with E-state index in [9.17, 15) is 19.2 Å². The second kappa shape index (κ2) is 15.7. The summed E-state index contributed by atoms with van der Waals surface area (Å²) in [6.45, 7) is 4.63. The summed E-state index contributed by atoms with van der Waals surface area (Å²) in [5.41, 5.74) is 5.25. The number of nitrogens with one attached hydrogen (secondary N) is 4. The van der Waals surface area contributed by atoms with E-state index in [-0.39, 0.29) is 36.9 Å². The zero-order chi connectivity index (χ0) is 38.7. The summed E-state index contributed by atoms with van der Waals surface area (Å²) >= 11 is 0. The van der Waals surface area contributed by atoms with E-state index < -0.39 is 17.7 Å². The number of aromatic amines is 2. The maximum Gasteiger partial charge on any atom is 0.407 e. The number of piperidine rings is 1. The molecule has 286 valence electrons. The molecule has 0 unspecified atom stereocenters. The van der Waals surface area contributed by atoms with Gasteiger partial charge in [0.2, 0.25) is 11.8 Å². The summed E-state index contributed by atoms with van der Waals surface area (Å²) in [7, 11) is 2.54. The molecular formula is C41H46N8O6. The van der Waals surface area contributed by atoms with Crippen LogP contribution in [0.3, 0.4) is 0 Å². The number of imidazole rings is 2. The topological polar surface area (TPSA) is 175 Å². The molecule has 4 amide bonds. The number of alkyl carbamates (subject to hydrolysis) is 2. The Morgan fingerprint density at radius 2 is 1.44 bits per heavy atom. The summed E-state index contributed by atoms with van der Waals surface area (Å²) < 4.78 is 9.23. The highest BCUT2D eigenvalue weighted by Gasteiger charge is 2.58. The third kappa shape index (κ3) is 7.48. The highest BCUT2D eigenvalue weighted by molar-refractivity contribution is 5.91. The number of carbonyl (C=O) groups excluding carboxylic acids is 4. The number of hydrogen-bond donors (Lipinski definition) is 4. The van der Waals surface area contributed by atoms with Crippen molar-refractivity contribution < 1.29 is 28.7 Å². The van der Waals surface area contributed by atoms with Gasteiger partial charge in [0, 0.05) is 18.2 Å². The Morgan fingerprint density at radius 1 is 0.818 bits per heavy atom. The highest BCUT2D eigenvalue weighted by Crippen LogP contribution is 2.53. The lowest BCUT2D eigenvalue weighted by Gasteiger charge is -2.43. The molecule has 1 aliphatic carbocycles. The van der Waals surface area contributed by atoms with Gasteiger partial charge in [-0.05, 0) is 78.1 Å². The van der Waals surface area contributed by atoms with Crippen LogP contribution in [-0.2, 0) is 31.1 Å². The van der Waals surface area contributed by atoms with Crippen molar-refractivity contribution in [3.05, 3.63) is 84.7 Å². The molecule has 14 nitrogen and oxygen atoms in total. The minimum atomic E-state index is -0.648. The molecule has 1 saturated carbocycles. The van der Waals surface area contributed by atoms with E-state index in [2.05, 4.69) is 90.5 Å². The SMILES string of the molecule is CCCN(Cc1ncc(-c2ccc(-c3ccc4cc(-c5cnc([C@]6(C)[C@H]7CC[C@H](C7)N6C(=O)CNC(=O)OC)[nH]5)ccc4c3)cc2)[nH]1)C(=O)CNC(=O)OC. The summed E-state index contributed by atoms with van der Waals surface area (Å²) in [5, 5.41) is 7.18. The fourth-order valence-corrected chi connectivity index (χ4v) is 8.18. The number of rotatable bonds is 12. The Morgan fingerprint density at radius 3 is 2.15 bits per heavy atom. The number of hydrogen-bond acceptors (Lipinski definition) is 8. The number of likely N-dealkylation sites (tertiary alicyclic amines) is 1. The van der Waals surface area contributed by atoms with Crippen molar-refractivity contribution in [3.8, 4) is 33.6 Å². The van der Waals surface area contributed by atoms with Gasteiger partial charge in [0.25, 0.3) is 0 Å². The molecular weight excluding hydrogens is 701 g/mol. The molecule has 5 aromatic rings. The fourth-order valence-electron chi connectivity index (χ4n) is 8.18. The highest BCUT2D eigenvalue weighted by atomic mass is 16.5. The van der Waals surface area contributed by atoms with Crippen LogP contribution in [0.2, 0.25) is 0 Å². The summed E-state index contributed by atoms with van der Waals surface area (Å²) in [6, 6.07) is 21.1. The van der Waals surface area contributed by atoms with Crippen LogP contribution in [0.5, 0.6) is 0 Å². The second-order valence-corrected chi connectivity index (χ2v) is 14.3. The fraction of sp³-hybridized carbons (Fsp3) is 0.366. The van der Waals surface area contributed by atoms with Crippen molar-refractivity contribution in [2.45, 2.75) is 57.7 Å². The number of carbonyl (C=O) groups is 4. The van der Waals surface area contributed by atoms with Crippen LogP contribution in [-0.4, -0.2) is 93.6 Å². The Bertz CT molecular complexity index is 2210. The van der Waals surface area contributed by atoms with E-state index in [4.69, 9.17) is 4.98 Å². The zero-order valence-electron chi connectivity index (χ0n) is 31.5. The largest absolute Gasteiger partial charge is 0.453 e. The lowest BCUT2D eigenvalue weighted by Crippen LogP contribution is -2.54. The first kappa shape index (κ1) is 37.1. The van der Waals surface area contributed by atoms with Crippen molar-refractivity contribution in [3.63, 3.8) is 0 Å². The first-order chi connectivity index (χ1) is 26.6. The normalized spacial score (nSPS) is 18.7. The Balaban J connectivity index is 1.03. The molecule has 4 N–H and O–H groups in total. The Hall–Kier alpha value is -6.18. The van der Waals surface area contributed by atoms with Crippen molar-refractivity contribution in [1.29, 1.82) is 0 Å². The molecule has 0 spiro atoms. The quantitative estimate of drug-likeness (QED) is 0.121. The summed E-state index contributed by atoms with van der Waals surface area (Å²) in [4.78, 5) is 69.0. The molecule has 1 aliphatic heterocycles. The molecule has 0 radical (unpaired) electrons. The molecule has 1 saturated heterocycles. The molecule has 2 fully saturated rings. The first-order valence-corrected chi connectivity index (χ1v) is 18.6. The lowest BCUT2D eigenvalue weighted by atomic mass is 9.83. The summed E-state index contributed by atoms with van der Waals surface area (Å²) in [5.74, 6) is 1.33. The van der Waals surface area contributed by atoms with Crippen LogP contribution in [0, 0.1) is 5.92 Å². The average molecular weight is 747 g/mol. The third-order valence-electron chi connectivity index (χ3n) is 11.0. The van der Waals surface area contributed by atoms with E-state index in [0.717, 1.165) is 75.9 Å². The van der Waals surface area contributed by atoms with Crippen LogP contribution in [0.15, 0.2) is 73.1 Å². The van der Waals surface area contributed by atoms with Gasteiger partial charge in [-0.15, -0.1) is 0 Å². The number of ether oxygens (including phenoxy) is 2.